The molecule has 0 amide bonds. The number of esters is 1. The van der Waals surface area contributed by atoms with Crippen LogP contribution < -0.4 is 0 Å². The molecule has 0 N–H and O–H groups in total. The summed E-state index contributed by atoms with van der Waals surface area (Å²) in [7, 11) is 0. The first kappa shape index (κ1) is 16.0. The number of thiazole rings is 1. The van der Waals surface area contributed by atoms with Crippen LogP contribution in [0.1, 0.15) is 47.0 Å². The van der Waals surface area contributed by atoms with Crippen LogP contribution in [0, 0.1) is 6.92 Å². The molecule has 1 fully saturated rings. The maximum atomic E-state index is 12.5. The first-order chi connectivity index (χ1) is 12.2. The highest BCUT2D eigenvalue weighted by atomic mass is 32.1. The Balaban J connectivity index is 1.47. The quantitative estimate of drug-likeness (QED) is 0.641. The second kappa shape index (κ2) is 6.80. The summed E-state index contributed by atoms with van der Waals surface area (Å²) in [5.74, 6) is 1.34. The molecule has 0 spiro atoms. The van der Waals surface area contributed by atoms with E-state index < -0.39 is 0 Å². The minimum absolute atomic E-state index is 0.118. The van der Waals surface area contributed by atoms with E-state index in [0.717, 1.165) is 30.6 Å². The molecule has 0 aliphatic heterocycles. The number of nitrogens with zero attached hydrogens (tertiary/aromatic N) is 2. The summed E-state index contributed by atoms with van der Waals surface area (Å²) in [5.41, 5.74) is 1.47. The van der Waals surface area contributed by atoms with Crippen molar-refractivity contribution in [2.45, 2.75) is 38.2 Å². The van der Waals surface area contributed by atoms with E-state index in [1.807, 2.05) is 37.4 Å². The van der Waals surface area contributed by atoms with Gasteiger partial charge in [0, 0.05) is 23.7 Å². The highest BCUT2D eigenvalue weighted by Crippen LogP contribution is 2.37. The minimum Gasteiger partial charge on any atom is -0.459 e. The average molecular weight is 354 g/mol. The minimum atomic E-state index is -0.369. The van der Waals surface area contributed by atoms with Gasteiger partial charge in [0.1, 0.15) is 11.9 Å². The second-order valence-electron chi connectivity index (χ2n) is 6.22. The summed E-state index contributed by atoms with van der Waals surface area (Å²) in [6.45, 7) is 1.88. The second-order valence-corrected chi connectivity index (χ2v) is 7.07. The number of ether oxygens (including phenoxy) is 1. The van der Waals surface area contributed by atoms with Gasteiger partial charge >= 0.3 is 5.97 Å². The SMILES string of the molecule is Cc1ccc(-c2nc(C(=O)OC3CCCC3c3cccnc3)cs2)o1. The Labute approximate surface area is 149 Å². The smallest absolute Gasteiger partial charge is 0.358 e. The number of aromatic nitrogens is 2. The van der Waals surface area contributed by atoms with Crippen molar-refractivity contribution < 1.29 is 13.9 Å². The van der Waals surface area contributed by atoms with Crippen molar-refractivity contribution in [2.75, 3.05) is 0 Å². The van der Waals surface area contributed by atoms with E-state index in [1.54, 1.807) is 11.6 Å². The Bertz CT molecular complexity index is 872. The number of carbonyl (C=O) groups excluding carboxylic acids is 1. The third-order valence-corrected chi connectivity index (χ3v) is 5.34. The third-order valence-electron chi connectivity index (χ3n) is 4.49. The molecule has 0 aromatic carbocycles. The molecule has 0 bridgehead atoms. The first-order valence-corrected chi connectivity index (χ1v) is 9.22. The molecule has 3 aromatic rings. The number of hydrogen-bond donors (Lipinski definition) is 0. The van der Waals surface area contributed by atoms with E-state index in [-0.39, 0.29) is 18.0 Å². The molecular weight excluding hydrogens is 336 g/mol. The van der Waals surface area contributed by atoms with Crippen molar-refractivity contribution in [2.24, 2.45) is 0 Å². The third kappa shape index (κ3) is 3.35. The molecule has 4 rings (SSSR count). The Kier molecular flexibility index (Phi) is 4.36. The van der Waals surface area contributed by atoms with Gasteiger partial charge < -0.3 is 9.15 Å². The lowest BCUT2D eigenvalue weighted by Gasteiger charge is -2.19. The van der Waals surface area contributed by atoms with Crippen LogP contribution in [0.5, 0.6) is 0 Å². The zero-order valence-corrected chi connectivity index (χ0v) is 14.7. The molecular formula is C19H18N2O3S. The molecule has 1 aliphatic rings. The summed E-state index contributed by atoms with van der Waals surface area (Å²) in [4.78, 5) is 21.1. The maximum absolute atomic E-state index is 12.5. The van der Waals surface area contributed by atoms with Gasteiger partial charge in [-0.2, -0.15) is 0 Å². The fourth-order valence-electron chi connectivity index (χ4n) is 3.27. The number of pyridine rings is 1. The summed E-state index contributed by atoms with van der Waals surface area (Å²) in [6.07, 6.45) is 6.43. The van der Waals surface area contributed by atoms with Crippen molar-refractivity contribution >= 4 is 17.3 Å². The normalized spacial score (nSPS) is 19.9. The molecule has 5 nitrogen and oxygen atoms in total. The lowest BCUT2D eigenvalue weighted by Crippen LogP contribution is -2.21. The van der Waals surface area contributed by atoms with Gasteiger partial charge in [-0.05, 0) is 49.9 Å². The van der Waals surface area contributed by atoms with Crippen LogP contribution in [0.15, 0.2) is 46.5 Å². The molecule has 0 radical (unpaired) electrons. The van der Waals surface area contributed by atoms with Gasteiger partial charge in [-0.3, -0.25) is 4.98 Å². The van der Waals surface area contributed by atoms with Gasteiger partial charge in [0.15, 0.2) is 16.5 Å². The summed E-state index contributed by atoms with van der Waals surface area (Å²) < 4.78 is 11.3. The number of hydrogen-bond acceptors (Lipinski definition) is 6. The molecule has 3 heterocycles. The van der Waals surface area contributed by atoms with Gasteiger partial charge in [0.05, 0.1) is 0 Å². The average Bonchev–Trinajstić information content (AvgIpc) is 3.35. The maximum Gasteiger partial charge on any atom is 0.358 e. The van der Waals surface area contributed by atoms with E-state index in [0.29, 0.717) is 16.5 Å². The van der Waals surface area contributed by atoms with E-state index in [1.165, 1.54) is 11.3 Å². The zero-order chi connectivity index (χ0) is 17.2. The van der Waals surface area contributed by atoms with Crippen LogP contribution in [0.4, 0.5) is 0 Å². The Morgan fingerprint density at radius 3 is 3.00 bits per heavy atom. The lowest BCUT2D eigenvalue weighted by molar-refractivity contribution is 0.0273. The molecule has 1 saturated carbocycles. The van der Waals surface area contributed by atoms with Gasteiger partial charge in [-0.15, -0.1) is 11.3 Å². The van der Waals surface area contributed by atoms with Crippen LogP contribution in [0.25, 0.3) is 10.8 Å². The number of furan rings is 1. The highest BCUT2D eigenvalue weighted by molar-refractivity contribution is 7.13. The van der Waals surface area contributed by atoms with Crippen molar-refractivity contribution in [3.8, 4) is 10.8 Å². The van der Waals surface area contributed by atoms with Crippen LogP contribution in [0.3, 0.4) is 0 Å². The molecule has 3 aromatic heterocycles. The summed E-state index contributed by atoms with van der Waals surface area (Å²) in [6, 6.07) is 7.71. The van der Waals surface area contributed by atoms with Crippen molar-refractivity contribution in [1.29, 1.82) is 0 Å². The van der Waals surface area contributed by atoms with Crippen molar-refractivity contribution in [1.82, 2.24) is 9.97 Å². The molecule has 25 heavy (non-hydrogen) atoms. The highest BCUT2D eigenvalue weighted by Gasteiger charge is 2.32. The van der Waals surface area contributed by atoms with Gasteiger partial charge in [0.25, 0.3) is 0 Å². The van der Waals surface area contributed by atoms with E-state index in [4.69, 9.17) is 9.15 Å². The van der Waals surface area contributed by atoms with E-state index in [2.05, 4.69) is 9.97 Å². The topological polar surface area (TPSA) is 65.2 Å². The standard InChI is InChI=1S/C19H18N2O3S/c1-12-7-8-17(23-12)18-21-15(11-25-18)19(22)24-16-6-2-5-14(16)13-4-3-9-20-10-13/h3-4,7-11,14,16H,2,5-6H2,1H3. The zero-order valence-electron chi connectivity index (χ0n) is 13.8. The van der Waals surface area contributed by atoms with E-state index >= 15 is 0 Å². The lowest BCUT2D eigenvalue weighted by atomic mass is 9.97. The monoisotopic (exact) mass is 354 g/mol. The van der Waals surface area contributed by atoms with Crippen molar-refractivity contribution in [3.05, 3.63) is 59.1 Å². The Hall–Kier alpha value is -2.47. The van der Waals surface area contributed by atoms with Gasteiger partial charge in [0.2, 0.25) is 0 Å². The first-order valence-electron chi connectivity index (χ1n) is 8.34. The predicted molar refractivity (Wildman–Crippen MR) is 94.6 cm³/mol. The number of aryl methyl sites for hydroxylation is 1. The largest absolute Gasteiger partial charge is 0.459 e. The molecule has 0 saturated heterocycles. The van der Waals surface area contributed by atoms with E-state index in [9.17, 15) is 4.79 Å². The van der Waals surface area contributed by atoms with Crippen molar-refractivity contribution in [3.63, 3.8) is 0 Å². The molecule has 128 valence electrons. The van der Waals surface area contributed by atoms with Crippen LogP contribution in [-0.4, -0.2) is 22.0 Å². The summed E-state index contributed by atoms with van der Waals surface area (Å²) in [5, 5.41) is 2.42. The fourth-order valence-corrected chi connectivity index (χ4v) is 4.02. The molecule has 1 aliphatic carbocycles. The number of carbonyl (C=O) groups is 1. The van der Waals surface area contributed by atoms with Crippen LogP contribution in [0.2, 0.25) is 0 Å². The summed E-state index contributed by atoms with van der Waals surface area (Å²) >= 11 is 1.38. The Morgan fingerprint density at radius 2 is 2.24 bits per heavy atom. The van der Waals surface area contributed by atoms with Gasteiger partial charge in [-0.1, -0.05) is 6.07 Å². The van der Waals surface area contributed by atoms with Gasteiger partial charge in [-0.25, -0.2) is 9.78 Å². The fraction of sp³-hybridized carbons (Fsp3) is 0.316. The molecule has 2 atom stereocenters. The Morgan fingerprint density at radius 1 is 1.32 bits per heavy atom. The number of rotatable bonds is 4. The van der Waals surface area contributed by atoms with Crippen LogP contribution in [-0.2, 0) is 4.74 Å². The molecule has 6 heteroatoms. The predicted octanol–water partition coefficient (Wildman–Crippen LogP) is 4.60. The van der Waals surface area contributed by atoms with Crippen LogP contribution >= 0.6 is 11.3 Å². The molecule has 2 unspecified atom stereocenters.